The number of fused-ring (bicyclic) bond motifs is 3. The van der Waals surface area contributed by atoms with E-state index in [-0.39, 0.29) is 11.8 Å². The summed E-state index contributed by atoms with van der Waals surface area (Å²) in [6.45, 7) is 2.07. The molecule has 3 heterocycles. The number of aromatic nitrogens is 2. The van der Waals surface area contributed by atoms with E-state index >= 15 is 0 Å². The molecule has 2 aromatic carbocycles. The standard InChI is InChI=1S/C23H23N3O2/c1-15-9-11-16(12-10-15)18-14-23(28)13-5-8-19(27)26(23)22-20(18)21(24-25-22)17-6-3-2-4-7-17/h2-4,6-7,9-12,18,28H,5,8,13-14H2,1H3,(H,24,25)/t18-,23+/m0/s1. The third-order valence-corrected chi connectivity index (χ3v) is 6.05. The van der Waals surface area contributed by atoms with Gasteiger partial charge in [-0.3, -0.25) is 14.8 Å². The van der Waals surface area contributed by atoms with Crippen LogP contribution in [0.25, 0.3) is 11.3 Å². The van der Waals surface area contributed by atoms with Crippen molar-refractivity contribution in [3.8, 4) is 11.3 Å². The van der Waals surface area contributed by atoms with Crippen LogP contribution in [0.3, 0.4) is 0 Å². The van der Waals surface area contributed by atoms with Crippen molar-refractivity contribution >= 4 is 11.7 Å². The molecule has 1 amide bonds. The Morgan fingerprint density at radius 1 is 1.14 bits per heavy atom. The summed E-state index contributed by atoms with van der Waals surface area (Å²) in [7, 11) is 0. The zero-order valence-electron chi connectivity index (χ0n) is 15.9. The summed E-state index contributed by atoms with van der Waals surface area (Å²) in [5.41, 5.74) is 4.10. The molecule has 0 aliphatic carbocycles. The first-order valence-corrected chi connectivity index (χ1v) is 9.82. The predicted molar refractivity (Wildman–Crippen MR) is 108 cm³/mol. The fourth-order valence-electron chi connectivity index (χ4n) is 4.67. The molecule has 5 nitrogen and oxygen atoms in total. The number of aromatic amines is 1. The largest absolute Gasteiger partial charge is 0.370 e. The number of H-pyrrole nitrogens is 1. The topological polar surface area (TPSA) is 69.2 Å². The Hall–Kier alpha value is -2.92. The number of hydrogen-bond acceptors (Lipinski definition) is 3. The Morgan fingerprint density at radius 2 is 1.89 bits per heavy atom. The Balaban J connectivity index is 1.73. The highest BCUT2D eigenvalue weighted by Crippen LogP contribution is 2.51. The molecule has 1 aromatic heterocycles. The van der Waals surface area contributed by atoms with E-state index in [4.69, 9.17) is 0 Å². The Morgan fingerprint density at radius 3 is 2.64 bits per heavy atom. The van der Waals surface area contributed by atoms with Crippen molar-refractivity contribution in [2.24, 2.45) is 0 Å². The van der Waals surface area contributed by atoms with Gasteiger partial charge in [-0.1, -0.05) is 60.2 Å². The summed E-state index contributed by atoms with van der Waals surface area (Å²) >= 11 is 0. The molecular weight excluding hydrogens is 350 g/mol. The summed E-state index contributed by atoms with van der Waals surface area (Å²) in [4.78, 5) is 14.3. The second kappa shape index (κ2) is 6.31. The summed E-state index contributed by atoms with van der Waals surface area (Å²) in [5, 5.41) is 19.1. The van der Waals surface area contributed by atoms with Gasteiger partial charge in [-0.25, -0.2) is 0 Å². The molecule has 5 heteroatoms. The fourth-order valence-corrected chi connectivity index (χ4v) is 4.67. The van der Waals surface area contributed by atoms with Crippen LogP contribution in [-0.2, 0) is 4.79 Å². The minimum absolute atomic E-state index is 0.0308. The first-order chi connectivity index (χ1) is 13.6. The number of anilines is 1. The molecule has 28 heavy (non-hydrogen) atoms. The molecule has 2 aliphatic heterocycles. The molecule has 0 bridgehead atoms. The van der Waals surface area contributed by atoms with E-state index < -0.39 is 5.72 Å². The van der Waals surface area contributed by atoms with Gasteiger partial charge in [-0.05, 0) is 30.9 Å². The summed E-state index contributed by atoms with van der Waals surface area (Å²) < 4.78 is 0. The third-order valence-electron chi connectivity index (χ3n) is 6.05. The number of nitrogens with one attached hydrogen (secondary N) is 1. The number of aryl methyl sites for hydroxylation is 1. The lowest BCUT2D eigenvalue weighted by molar-refractivity contribution is -0.128. The smallest absolute Gasteiger partial charge is 0.230 e. The van der Waals surface area contributed by atoms with Gasteiger partial charge in [-0.2, -0.15) is 5.10 Å². The van der Waals surface area contributed by atoms with E-state index in [1.165, 1.54) is 5.56 Å². The maximum Gasteiger partial charge on any atom is 0.230 e. The molecule has 142 valence electrons. The summed E-state index contributed by atoms with van der Waals surface area (Å²) in [5.74, 6) is 0.489. The first kappa shape index (κ1) is 17.2. The van der Waals surface area contributed by atoms with Crippen LogP contribution in [0.4, 0.5) is 5.82 Å². The van der Waals surface area contributed by atoms with Gasteiger partial charge in [0.05, 0.1) is 5.69 Å². The SMILES string of the molecule is Cc1ccc([C@@H]2C[C@]3(O)CCCC(=O)N3c3n[nH]c(-c4ccccc4)c32)cc1. The van der Waals surface area contributed by atoms with Crippen molar-refractivity contribution in [1.29, 1.82) is 0 Å². The molecular formula is C23H23N3O2. The number of benzene rings is 2. The van der Waals surface area contributed by atoms with Crippen LogP contribution in [0.2, 0.25) is 0 Å². The monoisotopic (exact) mass is 373 g/mol. The predicted octanol–water partition coefficient (Wildman–Crippen LogP) is 4.13. The van der Waals surface area contributed by atoms with Gasteiger partial charge in [-0.15, -0.1) is 0 Å². The van der Waals surface area contributed by atoms with Crippen LogP contribution in [0.5, 0.6) is 0 Å². The van der Waals surface area contributed by atoms with Gasteiger partial charge < -0.3 is 5.11 Å². The Labute approximate surface area is 164 Å². The van der Waals surface area contributed by atoms with Crippen LogP contribution >= 0.6 is 0 Å². The molecule has 0 saturated carbocycles. The fraction of sp³-hybridized carbons (Fsp3) is 0.304. The number of piperidine rings is 1. The van der Waals surface area contributed by atoms with Crippen LogP contribution in [0.1, 0.15) is 48.3 Å². The van der Waals surface area contributed by atoms with Crippen molar-refractivity contribution in [2.75, 3.05) is 4.90 Å². The van der Waals surface area contributed by atoms with Crippen molar-refractivity contribution < 1.29 is 9.90 Å². The Kier molecular flexibility index (Phi) is 3.88. The van der Waals surface area contributed by atoms with Crippen LogP contribution in [0.15, 0.2) is 54.6 Å². The highest BCUT2D eigenvalue weighted by Gasteiger charge is 2.50. The second-order valence-electron chi connectivity index (χ2n) is 7.93. The number of aliphatic hydroxyl groups is 1. The number of nitrogens with zero attached hydrogens (tertiary/aromatic N) is 2. The van der Waals surface area contributed by atoms with Gasteiger partial charge in [0.15, 0.2) is 5.82 Å². The maximum atomic E-state index is 12.7. The normalized spacial score (nSPS) is 24.0. The van der Waals surface area contributed by atoms with Crippen LogP contribution in [-0.4, -0.2) is 26.9 Å². The lowest BCUT2D eigenvalue weighted by Crippen LogP contribution is -2.58. The Bertz CT molecular complexity index is 1030. The van der Waals surface area contributed by atoms with E-state index in [1.807, 2.05) is 30.3 Å². The molecule has 1 saturated heterocycles. The van der Waals surface area contributed by atoms with Gasteiger partial charge in [0.25, 0.3) is 0 Å². The van der Waals surface area contributed by atoms with Crippen LogP contribution < -0.4 is 4.90 Å². The lowest BCUT2D eigenvalue weighted by atomic mass is 9.76. The van der Waals surface area contributed by atoms with E-state index in [0.717, 1.165) is 22.4 Å². The minimum Gasteiger partial charge on any atom is -0.370 e. The molecule has 0 spiro atoms. The molecule has 1 fully saturated rings. The highest BCUT2D eigenvalue weighted by molar-refractivity contribution is 5.97. The average Bonchev–Trinajstić information content (AvgIpc) is 3.13. The number of hydrogen-bond donors (Lipinski definition) is 2. The molecule has 3 aromatic rings. The minimum atomic E-state index is -1.18. The van der Waals surface area contributed by atoms with Crippen molar-refractivity contribution in [3.05, 3.63) is 71.3 Å². The molecule has 0 radical (unpaired) electrons. The van der Waals surface area contributed by atoms with E-state index in [9.17, 15) is 9.90 Å². The first-order valence-electron chi connectivity index (χ1n) is 9.82. The van der Waals surface area contributed by atoms with Crippen molar-refractivity contribution in [2.45, 2.75) is 44.2 Å². The van der Waals surface area contributed by atoms with Gasteiger partial charge >= 0.3 is 0 Å². The average molecular weight is 373 g/mol. The highest BCUT2D eigenvalue weighted by atomic mass is 16.3. The molecule has 0 unspecified atom stereocenters. The number of amides is 1. The lowest BCUT2D eigenvalue weighted by Gasteiger charge is -2.47. The van der Waals surface area contributed by atoms with Gasteiger partial charge in [0.2, 0.25) is 5.91 Å². The summed E-state index contributed by atoms with van der Waals surface area (Å²) in [6, 6.07) is 18.5. The van der Waals surface area contributed by atoms with E-state index in [1.54, 1.807) is 4.90 Å². The number of rotatable bonds is 2. The molecule has 2 aliphatic rings. The summed E-state index contributed by atoms with van der Waals surface area (Å²) in [6.07, 6.45) is 2.21. The zero-order valence-corrected chi connectivity index (χ0v) is 15.9. The molecule has 2 N–H and O–H groups in total. The maximum absolute atomic E-state index is 12.7. The van der Waals surface area contributed by atoms with Gasteiger partial charge in [0, 0.05) is 24.3 Å². The number of carbonyl (C=O) groups excluding carboxylic acids is 1. The number of carbonyl (C=O) groups is 1. The molecule has 5 rings (SSSR count). The van der Waals surface area contributed by atoms with Gasteiger partial charge in [0.1, 0.15) is 5.72 Å². The molecule has 2 atom stereocenters. The van der Waals surface area contributed by atoms with E-state index in [0.29, 0.717) is 31.5 Å². The third kappa shape index (κ3) is 2.58. The quantitative estimate of drug-likeness (QED) is 0.710. The van der Waals surface area contributed by atoms with E-state index in [2.05, 4.69) is 41.4 Å². The van der Waals surface area contributed by atoms with Crippen molar-refractivity contribution in [3.63, 3.8) is 0 Å². The second-order valence-corrected chi connectivity index (χ2v) is 7.93. The van der Waals surface area contributed by atoms with Crippen molar-refractivity contribution in [1.82, 2.24) is 10.2 Å². The zero-order chi connectivity index (χ0) is 19.3. The van der Waals surface area contributed by atoms with Crippen LogP contribution in [0, 0.1) is 6.92 Å².